The fourth-order valence-electron chi connectivity index (χ4n) is 4.69. The largest absolute Gasteiger partial charge is 0.444 e. The highest BCUT2D eigenvalue weighted by atomic mass is 16.7. The van der Waals surface area contributed by atoms with Gasteiger partial charge in [0.25, 0.3) is 0 Å². The van der Waals surface area contributed by atoms with Crippen LogP contribution in [0.5, 0.6) is 0 Å². The Labute approximate surface area is 173 Å². The van der Waals surface area contributed by atoms with Crippen molar-refractivity contribution in [2.24, 2.45) is 11.8 Å². The van der Waals surface area contributed by atoms with Crippen molar-refractivity contribution in [1.29, 1.82) is 0 Å². The molecule has 8 nitrogen and oxygen atoms in total. The van der Waals surface area contributed by atoms with Crippen molar-refractivity contribution in [2.45, 2.75) is 89.5 Å². The maximum atomic E-state index is 12.2. The number of amides is 1. The zero-order chi connectivity index (χ0) is 20.4. The number of hydrogen-bond acceptors (Lipinski definition) is 7. The first kappa shape index (κ1) is 21.3. The standard InChI is InChI=1S/C21H37N3O5/c1-21(2,3)28-20(25)24-10-8-14(9-11-24)18-22-19(29-23-18)15-4-6-16(7-5-15)27-17-12-26-13-17/h14-19,22-23H,4-13H2,1-3H3. The Kier molecular flexibility index (Phi) is 6.65. The van der Waals surface area contributed by atoms with Crippen molar-refractivity contribution in [3.8, 4) is 0 Å². The highest BCUT2D eigenvalue weighted by Crippen LogP contribution is 2.32. The van der Waals surface area contributed by atoms with Gasteiger partial charge in [0.2, 0.25) is 0 Å². The van der Waals surface area contributed by atoms with E-state index in [1.165, 1.54) is 0 Å². The van der Waals surface area contributed by atoms with Crippen LogP contribution in [0.25, 0.3) is 0 Å². The lowest BCUT2D eigenvalue weighted by molar-refractivity contribution is -0.164. The third-order valence-electron chi connectivity index (χ3n) is 6.47. The predicted molar refractivity (Wildman–Crippen MR) is 107 cm³/mol. The third-order valence-corrected chi connectivity index (χ3v) is 6.47. The Morgan fingerprint density at radius 3 is 2.24 bits per heavy atom. The summed E-state index contributed by atoms with van der Waals surface area (Å²) in [6.45, 7) is 8.69. The van der Waals surface area contributed by atoms with Crippen molar-refractivity contribution in [3.63, 3.8) is 0 Å². The molecule has 1 aliphatic carbocycles. The molecule has 29 heavy (non-hydrogen) atoms. The number of nitrogens with zero attached hydrogens (tertiary/aromatic N) is 1. The van der Waals surface area contributed by atoms with Gasteiger partial charge in [-0.05, 0) is 65.2 Å². The van der Waals surface area contributed by atoms with Gasteiger partial charge in [0.1, 0.15) is 17.9 Å². The molecule has 166 valence electrons. The van der Waals surface area contributed by atoms with Gasteiger partial charge in [-0.25, -0.2) is 4.79 Å². The molecule has 3 aliphatic heterocycles. The number of hydrogen-bond donors (Lipinski definition) is 2. The van der Waals surface area contributed by atoms with Gasteiger partial charge in [0, 0.05) is 19.0 Å². The van der Waals surface area contributed by atoms with Crippen LogP contribution in [0.2, 0.25) is 0 Å². The Hall–Kier alpha value is -0.930. The van der Waals surface area contributed by atoms with Gasteiger partial charge in [-0.15, -0.1) is 0 Å². The maximum absolute atomic E-state index is 12.2. The molecule has 2 atom stereocenters. The second-order valence-corrected chi connectivity index (χ2v) is 9.94. The molecular weight excluding hydrogens is 374 g/mol. The molecule has 4 rings (SSSR count). The topological polar surface area (TPSA) is 81.3 Å². The Morgan fingerprint density at radius 2 is 1.66 bits per heavy atom. The molecule has 4 aliphatic rings. The van der Waals surface area contributed by atoms with E-state index in [9.17, 15) is 4.79 Å². The van der Waals surface area contributed by atoms with Crippen LogP contribution < -0.4 is 10.8 Å². The van der Waals surface area contributed by atoms with Crippen LogP contribution in [0.4, 0.5) is 4.79 Å². The van der Waals surface area contributed by atoms with E-state index in [1.54, 1.807) is 0 Å². The van der Waals surface area contributed by atoms with Crippen LogP contribution in [0.3, 0.4) is 0 Å². The van der Waals surface area contributed by atoms with E-state index in [4.69, 9.17) is 19.0 Å². The number of ether oxygens (including phenoxy) is 3. The summed E-state index contributed by atoms with van der Waals surface area (Å²) in [6.07, 6.45) is 7.06. The van der Waals surface area contributed by atoms with Crippen molar-refractivity contribution in [2.75, 3.05) is 26.3 Å². The lowest BCUT2D eigenvalue weighted by Crippen LogP contribution is -2.49. The summed E-state index contributed by atoms with van der Waals surface area (Å²) < 4.78 is 16.8. The molecule has 1 amide bonds. The first-order chi connectivity index (χ1) is 13.9. The molecule has 4 fully saturated rings. The SMILES string of the molecule is CC(C)(C)OC(=O)N1CCC(C2NOC(C3CCC(OC4COC4)CC3)N2)CC1. The minimum Gasteiger partial charge on any atom is -0.444 e. The maximum Gasteiger partial charge on any atom is 0.410 e. The van der Waals surface area contributed by atoms with Gasteiger partial charge in [-0.1, -0.05) is 0 Å². The molecule has 3 heterocycles. The predicted octanol–water partition coefficient (Wildman–Crippen LogP) is 2.38. The summed E-state index contributed by atoms with van der Waals surface area (Å²) in [5.41, 5.74) is 2.78. The van der Waals surface area contributed by atoms with Crippen molar-refractivity contribution >= 4 is 6.09 Å². The van der Waals surface area contributed by atoms with E-state index in [1.807, 2.05) is 25.7 Å². The number of likely N-dealkylation sites (tertiary alicyclic amines) is 1. The van der Waals surface area contributed by atoms with Crippen molar-refractivity contribution in [3.05, 3.63) is 0 Å². The molecule has 0 aromatic carbocycles. The summed E-state index contributed by atoms with van der Waals surface area (Å²) >= 11 is 0. The number of hydroxylamine groups is 1. The molecule has 0 spiro atoms. The Balaban J connectivity index is 1.16. The highest BCUT2D eigenvalue weighted by Gasteiger charge is 2.39. The van der Waals surface area contributed by atoms with Gasteiger partial charge in [0.05, 0.1) is 25.5 Å². The van der Waals surface area contributed by atoms with E-state index >= 15 is 0 Å². The number of nitrogens with one attached hydrogen (secondary N) is 2. The monoisotopic (exact) mass is 411 g/mol. The van der Waals surface area contributed by atoms with E-state index < -0.39 is 5.60 Å². The summed E-state index contributed by atoms with van der Waals surface area (Å²) in [5, 5.41) is 3.66. The average molecular weight is 412 g/mol. The zero-order valence-corrected chi connectivity index (χ0v) is 18.0. The molecule has 3 saturated heterocycles. The van der Waals surface area contributed by atoms with Gasteiger partial charge in [-0.2, -0.15) is 5.48 Å². The quantitative estimate of drug-likeness (QED) is 0.735. The Bertz CT molecular complexity index is 549. The van der Waals surface area contributed by atoms with E-state index in [0.717, 1.165) is 64.8 Å². The van der Waals surface area contributed by atoms with E-state index in [-0.39, 0.29) is 18.5 Å². The summed E-state index contributed by atoms with van der Waals surface area (Å²) in [5.74, 6) is 0.976. The minimum absolute atomic E-state index is 0.0665. The lowest BCUT2D eigenvalue weighted by atomic mass is 9.85. The van der Waals surface area contributed by atoms with Crippen LogP contribution in [-0.4, -0.2) is 67.5 Å². The first-order valence-electron chi connectivity index (χ1n) is 11.3. The van der Waals surface area contributed by atoms with Crippen molar-refractivity contribution < 1.29 is 23.8 Å². The highest BCUT2D eigenvalue weighted by molar-refractivity contribution is 5.68. The summed E-state index contributed by atoms with van der Waals surface area (Å²) in [4.78, 5) is 20.0. The lowest BCUT2D eigenvalue weighted by Gasteiger charge is -2.36. The summed E-state index contributed by atoms with van der Waals surface area (Å²) in [6, 6.07) is 0. The number of carbonyl (C=O) groups excluding carboxylic acids is 1. The number of piperidine rings is 1. The molecule has 8 heteroatoms. The molecule has 2 unspecified atom stereocenters. The van der Waals surface area contributed by atoms with Crippen LogP contribution in [0, 0.1) is 11.8 Å². The van der Waals surface area contributed by atoms with Crippen LogP contribution in [0.15, 0.2) is 0 Å². The van der Waals surface area contributed by atoms with Gasteiger partial charge >= 0.3 is 6.09 Å². The summed E-state index contributed by atoms with van der Waals surface area (Å²) in [7, 11) is 0. The Morgan fingerprint density at radius 1 is 0.966 bits per heavy atom. The second kappa shape index (κ2) is 9.06. The second-order valence-electron chi connectivity index (χ2n) is 9.94. The molecule has 1 saturated carbocycles. The van der Waals surface area contributed by atoms with E-state index in [0.29, 0.717) is 24.0 Å². The zero-order valence-electron chi connectivity index (χ0n) is 18.0. The van der Waals surface area contributed by atoms with E-state index in [2.05, 4.69) is 10.8 Å². The van der Waals surface area contributed by atoms with Crippen LogP contribution in [0.1, 0.15) is 59.3 Å². The fourth-order valence-corrected chi connectivity index (χ4v) is 4.69. The molecule has 0 bridgehead atoms. The average Bonchev–Trinajstić information content (AvgIpc) is 3.14. The molecule has 2 N–H and O–H groups in total. The molecule has 0 aromatic heterocycles. The number of carbonyl (C=O) groups is 1. The molecule has 0 radical (unpaired) electrons. The number of rotatable bonds is 4. The normalized spacial score (nSPS) is 34.8. The van der Waals surface area contributed by atoms with Gasteiger partial charge < -0.3 is 19.1 Å². The van der Waals surface area contributed by atoms with Crippen LogP contribution >= 0.6 is 0 Å². The third kappa shape index (κ3) is 5.61. The fraction of sp³-hybridized carbons (Fsp3) is 0.952. The smallest absolute Gasteiger partial charge is 0.410 e. The molecule has 0 aromatic rings. The molecular formula is C21H37N3O5. The minimum atomic E-state index is -0.445. The van der Waals surface area contributed by atoms with Gasteiger partial charge in [-0.3, -0.25) is 10.2 Å². The van der Waals surface area contributed by atoms with Crippen molar-refractivity contribution in [1.82, 2.24) is 15.7 Å². The van der Waals surface area contributed by atoms with Crippen LogP contribution in [-0.2, 0) is 19.0 Å². The van der Waals surface area contributed by atoms with Gasteiger partial charge in [0.15, 0.2) is 0 Å². The first-order valence-corrected chi connectivity index (χ1v) is 11.3.